The van der Waals surface area contributed by atoms with Crippen molar-refractivity contribution in [3.05, 3.63) is 60.0 Å². The molecular weight excluding hydrogens is 248 g/mol. The first-order valence-corrected chi connectivity index (χ1v) is 6.87. The average molecular weight is 266 g/mol. The van der Waals surface area contributed by atoms with E-state index in [1.54, 1.807) is 12.4 Å². The van der Waals surface area contributed by atoms with Gasteiger partial charge in [0.15, 0.2) is 0 Å². The highest BCUT2D eigenvalue weighted by Gasteiger charge is 2.05. The molecule has 3 rings (SSSR count). The van der Waals surface area contributed by atoms with Gasteiger partial charge < -0.3 is 9.72 Å². The molecule has 0 bridgehead atoms. The summed E-state index contributed by atoms with van der Waals surface area (Å²) in [4.78, 5) is 7.44. The van der Waals surface area contributed by atoms with Crippen molar-refractivity contribution in [2.24, 2.45) is 0 Å². The molecule has 0 fully saturated rings. The predicted octanol–water partition coefficient (Wildman–Crippen LogP) is 4.27. The molecule has 0 aliphatic carbocycles. The molecule has 0 saturated carbocycles. The van der Waals surface area contributed by atoms with Crippen molar-refractivity contribution in [1.29, 1.82) is 0 Å². The van der Waals surface area contributed by atoms with Gasteiger partial charge in [0.2, 0.25) is 0 Å². The van der Waals surface area contributed by atoms with E-state index in [9.17, 15) is 0 Å². The van der Waals surface area contributed by atoms with Gasteiger partial charge in [-0.1, -0.05) is 13.8 Å². The van der Waals surface area contributed by atoms with E-state index in [1.165, 1.54) is 11.1 Å². The van der Waals surface area contributed by atoms with Gasteiger partial charge in [0, 0.05) is 29.7 Å². The van der Waals surface area contributed by atoms with E-state index < -0.39 is 0 Å². The van der Waals surface area contributed by atoms with Gasteiger partial charge in [-0.15, -0.1) is 0 Å². The molecule has 102 valence electrons. The highest BCUT2D eigenvalue weighted by atomic mass is 16.5. The molecule has 2 aromatic heterocycles. The Bertz CT molecular complexity index is 701. The number of hydrogen-bond acceptors (Lipinski definition) is 2. The van der Waals surface area contributed by atoms with Crippen LogP contribution in [0.2, 0.25) is 0 Å². The summed E-state index contributed by atoms with van der Waals surface area (Å²) in [5.41, 5.74) is 3.50. The zero-order valence-electron chi connectivity index (χ0n) is 11.8. The van der Waals surface area contributed by atoms with Crippen molar-refractivity contribution in [2.75, 3.05) is 0 Å². The fourth-order valence-electron chi connectivity index (χ4n) is 2.18. The SMILES string of the molecule is CC(C)c1cc2ccc(OCc3ccncc3)cc2[nH]1. The Balaban J connectivity index is 1.78. The lowest BCUT2D eigenvalue weighted by Gasteiger charge is -2.06. The molecule has 0 aliphatic heterocycles. The first-order valence-electron chi connectivity index (χ1n) is 6.87. The number of rotatable bonds is 4. The summed E-state index contributed by atoms with van der Waals surface area (Å²) in [6.07, 6.45) is 3.56. The third-order valence-corrected chi connectivity index (χ3v) is 3.39. The number of nitrogens with zero attached hydrogens (tertiary/aromatic N) is 1. The second-order valence-corrected chi connectivity index (χ2v) is 5.27. The van der Waals surface area contributed by atoms with Crippen LogP contribution in [0.3, 0.4) is 0 Å². The molecular formula is C17H18N2O. The monoisotopic (exact) mass is 266 g/mol. The molecule has 0 aliphatic rings. The van der Waals surface area contributed by atoms with Gasteiger partial charge >= 0.3 is 0 Å². The molecule has 1 aromatic carbocycles. The molecule has 0 spiro atoms. The average Bonchev–Trinajstić information content (AvgIpc) is 2.89. The van der Waals surface area contributed by atoms with Gasteiger partial charge in [0.05, 0.1) is 0 Å². The first-order chi connectivity index (χ1) is 9.72. The van der Waals surface area contributed by atoms with Crippen LogP contribution >= 0.6 is 0 Å². The number of aromatic amines is 1. The number of aromatic nitrogens is 2. The molecule has 3 aromatic rings. The second-order valence-electron chi connectivity index (χ2n) is 5.27. The number of hydrogen-bond donors (Lipinski definition) is 1. The molecule has 3 heteroatoms. The van der Waals surface area contributed by atoms with E-state index >= 15 is 0 Å². The maximum Gasteiger partial charge on any atom is 0.121 e. The topological polar surface area (TPSA) is 37.9 Å². The van der Waals surface area contributed by atoms with E-state index in [1.807, 2.05) is 18.2 Å². The van der Waals surface area contributed by atoms with Gasteiger partial charge in [-0.3, -0.25) is 4.98 Å². The van der Waals surface area contributed by atoms with Gasteiger partial charge in [-0.05, 0) is 47.2 Å². The minimum absolute atomic E-state index is 0.503. The highest BCUT2D eigenvalue weighted by molar-refractivity contribution is 5.82. The molecule has 2 heterocycles. The molecule has 20 heavy (non-hydrogen) atoms. The lowest BCUT2D eigenvalue weighted by atomic mass is 10.1. The Hall–Kier alpha value is -2.29. The predicted molar refractivity (Wildman–Crippen MR) is 81.0 cm³/mol. The number of pyridine rings is 1. The van der Waals surface area contributed by atoms with Crippen molar-refractivity contribution >= 4 is 10.9 Å². The van der Waals surface area contributed by atoms with Crippen LogP contribution in [0.25, 0.3) is 10.9 Å². The summed E-state index contributed by atoms with van der Waals surface area (Å²) in [7, 11) is 0. The Morgan fingerprint density at radius 2 is 1.90 bits per heavy atom. The Kier molecular flexibility index (Phi) is 3.42. The lowest BCUT2D eigenvalue weighted by molar-refractivity contribution is 0.306. The van der Waals surface area contributed by atoms with Crippen LogP contribution in [0.5, 0.6) is 5.75 Å². The minimum Gasteiger partial charge on any atom is -0.489 e. The third-order valence-electron chi connectivity index (χ3n) is 3.39. The van der Waals surface area contributed by atoms with Crippen molar-refractivity contribution in [2.45, 2.75) is 26.4 Å². The quantitative estimate of drug-likeness (QED) is 0.766. The highest BCUT2D eigenvalue weighted by Crippen LogP contribution is 2.25. The van der Waals surface area contributed by atoms with Gasteiger partial charge in [0.25, 0.3) is 0 Å². The van der Waals surface area contributed by atoms with Gasteiger partial charge in [0.1, 0.15) is 12.4 Å². The zero-order chi connectivity index (χ0) is 13.9. The fourth-order valence-corrected chi connectivity index (χ4v) is 2.18. The van der Waals surface area contributed by atoms with E-state index in [2.05, 4.69) is 42.0 Å². The first kappa shape index (κ1) is 12.7. The molecule has 0 unspecified atom stereocenters. The van der Waals surface area contributed by atoms with Gasteiger partial charge in [-0.25, -0.2) is 0 Å². The molecule has 0 saturated heterocycles. The van der Waals surface area contributed by atoms with Crippen LogP contribution < -0.4 is 4.74 Å². The number of nitrogens with one attached hydrogen (secondary N) is 1. The largest absolute Gasteiger partial charge is 0.489 e. The fraction of sp³-hybridized carbons (Fsp3) is 0.235. The van der Waals surface area contributed by atoms with E-state index in [0.29, 0.717) is 12.5 Å². The van der Waals surface area contributed by atoms with Crippen molar-refractivity contribution in [1.82, 2.24) is 9.97 Å². The summed E-state index contributed by atoms with van der Waals surface area (Å²) >= 11 is 0. The summed E-state index contributed by atoms with van der Waals surface area (Å²) in [5, 5.41) is 1.23. The Labute approximate surface area is 118 Å². The molecule has 0 radical (unpaired) electrons. The summed E-state index contributed by atoms with van der Waals surface area (Å²) in [6, 6.07) is 12.3. The van der Waals surface area contributed by atoms with Crippen molar-refractivity contribution < 1.29 is 4.74 Å². The number of benzene rings is 1. The van der Waals surface area contributed by atoms with Crippen LogP contribution in [0, 0.1) is 0 Å². The standard InChI is InChI=1S/C17H18N2O/c1-12(2)16-9-14-3-4-15(10-17(14)19-16)20-11-13-5-7-18-8-6-13/h3-10,12,19H,11H2,1-2H3. The summed E-state index contributed by atoms with van der Waals surface area (Å²) < 4.78 is 5.82. The smallest absolute Gasteiger partial charge is 0.121 e. The zero-order valence-corrected chi connectivity index (χ0v) is 11.8. The molecule has 0 atom stereocenters. The summed E-state index contributed by atoms with van der Waals surface area (Å²) in [6.45, 7) is 4.93. The number of H-pyrrole nitrogens is 1. The van der Waals surface area contributed by atoms with Crippen molar-refractivity contribution in [3.63, 3.8) is 0 Å². The Morgan fingerprint density at radius 1 is 1.10 bits per heavy atom. The lowest BCUT2D eigenvalue weighted by Crippen LogP contribution is -1.95. The van der Waals surface area contributed by atoms with E-state index in [0.717, 1.165) is 16.8 Å². The third kappa shape index (κ3) is 2.67. The second kappa shape index (κ2) is 5.37. The minimum atomic E-state index is 0.503. The maximum atomic E-state index is 5.82. The Morgan fingerprint density at radius 3 is 2.65 bits per heavy atom. The van der Waals surface area contributed by atoms with Crippen LogP contribution in [0.15, 0.2) is 48.8 Å². The molecule has 1 N–H and O–H groups in total. The van der Waals surface area contributed by atoms with Crippen LogP contribution in [-0.4, -0.2) is 9.97 Å². The molecule has 0 amide bonds. The number of fused-ring (bicyclic) bond motifs is 1. The van der Waals surface area contributed by atoms with Crippen LogP contribution in [-0.2, 0) is 6.61 Å². The van der Waals surface area contributed by atoms with Crippen molar-refractivity contribution in [3.8, 4) is 5.75 Å². The molecule has 3 nitrogen and oxygen atoms in total. The van der Waals surface area contributed by atoms with Gasteiger partial charge in [-0.2, -0.15) is 0 Å². The van der Waals surface area contributed by atoms with Crippen LogP contribution in [0.1, 0.15) is 31.0 Å². The maximum absolute atomic E-state index is 5.82. The summed E-state index contributed by atoms with van der Waals surface area (Å²) in [5.74, 6) is 1.38. The van der Waals surface area contributed by atoms with E-state index in [-0.39, 0.29) is 0 Å². The number of ether oxygens (including phenoxy) is 1. The van der Waals surface area contributed by atoms with E-state index in [4.69, 9.17) is 4.74 Å². The normalized spacial score (nSPS) is 11.2. The van der Waals surface area contributed by atoms with Crippen LogP contribution in [0.4, 0.5) is 0 Å².